The summed E-state index contributed by atoms with van der Waals surface area (Å²) in [4.78, 5) is 7.09. The Hall–Kier alpha value is -1.12. The number of guanidine groups is 1. The van der Waals surface area contributed by atoms with Crippen LogP contribution in [0.2, 0.25) is 0 Å². The van der Waals surface area contributed by atoms with Crippen molar-refractivity contribution in [2.45, 2.75) is 45.8 Å². The third-order valence-corrected chi connectivity index (χ3v) is 5.05. The molecule has 0 amide bonds. The van der Waals surface area contributed by atoms with Crippen LogP contribution in [0.4, 0.5) is 0 Å². The van der Waals surface area contributed by atoms with E-state index < -0.39 is 0 Å². The Labute approximate surface area is 184 Å². The van der Waals surface area contributed by atoms with Crippen LogP contribution in [0.15, 0.2) is 47.5 Å². The third kappa shape index (κ3) is 10.1. The van der Waals surface area contributed by atoms with Gasteiger partial charge in [-0.25, -0.2) is 0 Å². The molecule has 0 aliphatic rings. The standard InChI is InChI=1S/C21H31N3OS.HI/c1-17(15-20-12-11-18(2)26-20)24-21(22-3)23-13-7-8-14-25-16-19-9-5-4-6-10-19;/h4-6,9-12,17H,7-8,13-16H2,1-3H3,(H2,22,23,24);1H. The summed E-state index contributed by atoms with van der Waals surface area (Å²) in [5.74, 6) is 0.871. The Kier molecular flexibility index (Phi) is 12.4. The van der Waals surface area contributed by atoms with Crippen molar-refractivity contribution in [2.75, 3.05) is 20.2 Å². The van der Waals surface area contributed by atoms with Gasteiger partial charge in [0.15, 0.2) is 5.96 Å². The van der Waals surface area contributed by atoms with E-state index in [0.717, 1.165) is 38.4 Å². The van der Waals surface area contributed by atoms with Crippen molar-refractivity contribution in [3.05, 3.63) is 57.8 Å². The summed E-state index contributed by atoms with van der Waals surface area (Å²) >= 11 is 1.86. The Morgan fingerprint density at radius 2 is 1.93 bits per heavy atom. The van der Waals surface area contributed by atoms with E-state index in [1.54, 1.807) is 0 Å². The van der Waals surface area contributed by atoms with Crippen molar-refractivity contribution in [3.8, 4) is 0 Å². The number of hydrogen-bond donors (Lipinski definition) is 2. The van der Waals surface area contributed by atoms with Gasteiger partial charge >= 0.3 is 0 Å². The molecule has 0 aliphatic carbocycles. The number of thiophene rings is 1. The third-order valence-electron chi connectivity index (χ3n) is 4.03. The molecule has 27 heavy (non-hydrogen) atoms. The average Bonchev–Trinajstić information content (AvgIpc) is 3.05. The topological polar surface area (TPSA) is 45.7 Å². The van der Waals surface area contributed by atoms with Gasteiger partial charge in [0.1, 0.15) is 0 Å². The number of benzene rings is 1. The molecular formula is C21H32IN3OS. The molecule has 1 atom stereocenters. The number of nitrogens with one attached hydrogen (secondary N) is 2. The summed E-state index contributed by atoms with van der Waals surface area (Å²) in [7, 11) is 1.82. The predicted octanol–water partition coefficient (Wildman–Crippen LogP) is 4.77. The van der Waals surface area contributed by atoms with Crippen LogP contribution in [0.5, 0.6) is 0 Å². The van der Waals surface area contributed by atoms with Crippen molar-refractivity contribution in [2.24, 2.45) is 4.99 Å². The molecule has 0 bridgehead atoms. The molecule has 0 aliphatic heterocycles. The summed E-state index contributed by atoms with van der Waals surface area (Å²) in [5.41, 5.74) is 1.23. The Bertz CT molecular complexity index is 660. The molecular weight excluding hydrogens is 469 g/mol. The summed E-state index contributed by atoms with van der Waals surface area (Å²) in [6.45, 7) is 6.72. The average molecular weight is 501 g/mol. The van der Waals surface area contributed by atoms with Gasteiger partial charge in [-0.1, -0.05) is 30.3 Å². The summed E-state index contributed by atoms with van der Waals surface area (Å²) in [6, 6.07) is 15.0. The molecule has 1 aromatic carbocycles. The number of nitrogens with zero attached hydrogens (tertiary/aromatic N) is 1. The predicted molar refractivity (Wildman–Crippen MR) is 127 cm³/mol. The zero-order valence-corrected chi connectivity index (χ0v) is 19.7. The Morgan fingerprint density at radius 1 is 1.15 bits per heavy atom. The van der Waals surface area contributed by atoms with Gasteiger partial charge in [0, 0.05) is 42.4 Å². The SMILES string of the molecule is CN=C(NCCCCOCc1ccccc1)NC(C)Cc1ccc(C)s1.I. The van der Waals surface area contributed by atoms with E-state index in [9.17, 15) is 0 Å². The largest absolute Gasteiger partial charge is 0.377 e. The zero-order valence-electron chi connectivity index (χ0n) is 16.5. The van der Waals surface area contributed by atoms with Crippen molar-refractivity contribution in [3.63, 3.8) is 0 Å². The molecule has 1 heterocycles. The first-order valence-corrected chi connectivity index (χ1v) is 10.1. The highest BCUT2D eigenvalue weighted by atomic mass is 127. The minimum Gasteiger partial charge on any atom is -0.377 e. The number of halogens is 1. The molecule has 1 unspecified atom stereocenters. The number of rotatable bonds is 10. The fourth-order valence-electron chi connectivity index (χ4n) is 2.68. The molecule has 2 N–H and O–H groups in total. The first-order chi connectivity index (χ1) is 12.7. The second kappa shape index (κ2) is 14.0. The molecule has 1 aromatic heterocycles. The van der Waals surface area contributed by atoms with Crippen LogP contribution >= 0.6 is 35.3 Å². The quantitative estimate of drug-likeness (QED) is 0.214. The Balaban J connectivity index is 0.00000364. The first-order valence-electron chi connectivity index (χ1n) is 9.31. The van der Waals surface area contributed by atoms with Crippen LogP contribution < -0.4 is 10.6 Å². The molecule has 0 saturated carbocycles. The van der Waals surface area contributed by atoms with Crippen molar-refractivity contribution < 1.29 is 4.74 Å². The lowest BCUT2D eigenvalue weighted by Crippen LogP contribution is -2.43. The monoisotopic (exact) mass is 501 g/mol. The maximum absolute atomic E-state index is 5.71. The van der Waals surface area contributed by atoms with Crippen molar-refractivity contribution in [1.29, 1.82) is 0 Å². The normalized spacial score (nSPS) is 12.3. The summed E-state index contributed by atoms with van der Waals surface area (Å²) < 4.78 is 5.71. The fourth-order valence-corrected chi connectivity index (χ4v) is 3.69. The van der Waals surface area contributed by atoms with Gasteiger partial charge in [-0.3, -0.25) is 4.99 Å². The van der Waals surface area contributed by atoms with E-state index in [1.807, 2.05) is 36.6 Å². The minimum absolute atomic E-state index is 0. The minimum atomic E-state index is 0. The van der Waals surface area contributed by atoms with Crippen LogP contribution in [0.25, 0.3) is 0 Å². The van der Waals surface area contributed by atoms with Crippen LogP contribution in [0.3, 0.4) is 0 Å². The molecule has 0 fully saturated rings. The van der Waals surface area contributed by atoms with E-state index in [4.69, 9.17) is 4.74 Å². The second-order valence-corrected chi connectivity index (χ2v) is 7.88. The van der Waals surface area contributed by atoms with E-state index in [-0.39, 0.29) is 24.0 Å². The molecule has 0 radical (unpaired) electrons. The molecule has 150 valence electrons. The summed E-state index contributed by atoms with van der Waals surface area (Å²) in [5, 5.41) is 6.85. The van der Waals surface area contributed by atoms with Gasteiger partial charge < -0.3 is 15.4 Å². The van der Waals surface area contributed by atoms with Gasteiger partial charge in [0.05, 0.1) is 6.61 Å². The number of aryl methyl sites for hydroxylation is 1. The lowest BCUT2D eigenvalue weighted by Gasteiger charge is -2.17. The first kappa shape index (κ1) is 23.9. The number of hydrogen-bond acceptors (Lipinski definition) is 3. The van der Waals surface area contributed by atoms with Gasteiger partial charge in [-0.15, -0.1) is 35.3 Å². The van der Waals surface area contributed by atoms with Crippen molar-refractivity contribution in [1.82, 2.24) is 10.6 Å². The highest BCUT2D eigenvalue weighted by Gasteiger charge is 2.07. The van der Waals surface area contributed by atoms with Gasteiger partial charge in [0.2, 0.25) is 0 Å². The maximum Gasteiger partial charge on any atom is 0.191 e. The highest BCUT2D eigenvalue weighted by molar-refractivity contribution is 14.0. The van der Waals surface area contributed by atoms with Crippen LogP contribution in [-0.2, 0) is 17.8 Å². The molecule has 2 aromatic rings. The lowest BCUT2D eigenvalue weighted by atomic mass is 10.2. The van der Waals surface area contributed by atoms with E-state index >= 15 is 0 Å². The molecule has 4 nitrogen and oxygen atoms in total. The molecule has 0 spiro atoms. The molecule has 0 saturated heterocycles. The maximum atomic E-state index is 5.71. The van der Waals surface area contributed by atoms with Crippen LogP contribution in [-0.4, -0.2) is 32.2 Å². The zero-order chi connectivity index (χ0) is 18.6. The molecule has 6 heteroatoms. The fraction of sp³-hybridized carbons (Fsp3) is 0.476. The van der Waals surface area contributed by atoms with Gasteiger partial charge in [-0.2, -0.15) is 0 Å². The second-order valence-electron chi connectivity index (χ2n) is 6.51. The Morgan fingerprint density at radius 3 is 2.59 bits per heavy atom. The van der Waals surface area contributed by atoms with Gasteiger partial charge in [-0.05, 0) is 44.4 Å². The summed E-state index contributed by atoms with van der Waals surface area (Å²) in [6.07, 6.45) is 3.13. The van der Waals surface area contributed by atoms with Crippen LogP contribution in [0, 0.1) is 6.92 Å². The van der Waals surface area contributed by atoms with Crippen molar-refractivity contribution >= 4 is 41.3 Å². The molecule has 2 rings (SSSR count). The van der Waals surface area contributed by atoms with Crippen LogP contribution in [0.1, 0.15) is 35.1 Å². The van der Waals surface area contributed by atoms with Gasteiger partial charge in [0.25, 0.3) is 0 Å². The number of ether oxygens (including phenoxy) is 1. The van der Waals surface area contributed by atoms with E-state index in [2.05, 4.69) is 53.7 Å². The smallest absolute Gasteiger partial charge is 0.191 e. The van der Waals surface area contributed by atoms with E-state index in [0.29, 0.717) is 12.6 Å². The lowest BCUT2D eigenvalue weighted by molar-refractivity contribution is 0.117. The number of unbranched alkanes of at least 4 members (excludes halogenated alkanes) is 1. The number of aliphatic imine (C=N–C) groups is 1. The van der Waals surface area contributed by atoms with E-state index in [1.165, 1.54) is 15.3 Å². The highest BCUT2D eigenvalue weighted by Crippen LogP contribution is 2.16.